The van der Waals surface area contributed by atoms with Gasteiger partial charge in [0.2, 0.25) is 20.0 Å². The van der Waals surface area contributed by atoms with Crippen molar-refractivity contribution in [2.75, 3.05) is 11.5 Å². The Morgan fingerprint density at radius 2 is 0.884 bits per heavy atom. The molecule has 1 aliphatic rings. The van der Waals surface area contributed by atoms with E-state index < -0.39 is 53.5 Å². The van der Waals surface area contributed by atoms with Crippen LogP contribution >= 0.6 is 31.9 Å². The number of halogens is 2. The average molecular weight is 769 g/mol. The number of sulfonamides is 2. The number of benzene rings is 4. The molecule has 226 valence electrons. The molecule has 0 saturated carbocycles. The van der Waals surface area contributed by atoms with E-state index in [-0.39, 0.29) is 22.9 Å². The summed E-state index contributed by atoms with van der Waals surface area (Å²) in [6.45, 7) is -0.291. The molecule has 4 aromatic rings. The van der Waals surface area contributed by atoms with Gasteiger partial charge in [-0.1, -0.05) is 92.5 Å². The van der Waals surface area contributed by atoms with Gasteiger partial charge in [-0.3, -0.25) is 0 Å². The van der Waals surface area contributed by atoms with Crippen LogP contribution in [-0.2, 0) is 43.0 Å². The number of rotatable bonds is 10. The lowest BCUT2D eigenvalue weighted by atomic mass is 10.1. The molecule has 1 aliphatic heterocycles. The van der Waals surface area contributed by atoms with Gasteiger partial charge in [0.05, 0.1) is 33.4 Å². The first-order valence-corrected chi connectivity index (χ1v) is 19.5. The first-order valence-electron chi connectivity index (χ1n) is 13.2. The van der Waals surface area contributed by atoms with Crippen LogP contribution in [0.1, 0.15) is 11.1 Å². The number of hydrogen-bond acceptors (Lipinski definition) is 6. The molecular weight excluding hydrogens is 740 g/mol. The predicted octanol–water partition coefficient (Wildman–Crippen LogP) is 5.46. The van der Waals surface area contributed by atoms with Crippen LogP contribution in [0.3, 0.4) is 0 Å². The van der Waals surface area contributed by atoms with Gasteiger partial charge in [-0.05, 0) is 59.7 Å². The predicted molar refractivity (Wildman–Crippen MR) is 173 cm³/mol. The Morgan fingerprint density at radius 3 is 1.21 bits per heavy atom. The first-order chi connectivity index (χ1) is 20.4. The molecule has 43 heavy (non-hydrogen) atoms. The smallest absolute Gasteiger partial charge is 0.229 e. The summed E-state index contributed by atoms with van der Waals surface area (Å²) in [6.07, 6.45) is 0. The molecule has 4 aromatic carbocycles. The van der Waals surface area contributed by atoms with E-state index in [9.17, 15) is 25.3 Å². The summed E-state index contributed by atoms with van der Waals surface area (Å²) < 4.78 is 87.4. The largest absolute Gasteiger partial charge is 0.243 e. The maximum atomic E-state index is 14.3. The molecular formula is C30H28Br2N2O6S3. The molecule has 2 atom stereocenters. The van der Waals surface area contributed by atoms with Crippen LogP contribution in [0.25, 0.3) is 0 Å². The molecule has 13 heteroatoms. The lowest BCUT2D eigenvalue weighted by Gasteiger charge is -2.36. The van der Waals surface area contributed by atoms with E-state index in [1.54, 1.807) is 84.9 Å². The van der Waals surface area contributed by atoms with Crippen molar-refractivity contribution in [1.82, 2.24) is 8.61 Å². The number of sulfone groups is 1. The lowest BCUT2D eigenvalue weighted by molar-refractivity contribution is 0.219. The fourth-order valence-electron chi connectivity index (χ4n) is 5.13. The summed E-state index contributed by atoms with van der Waals surface area (Å²) in [6, 6.07) is 27.4. The highest BCUT2D eigenvalue weighted by Crippen LogP contribution is 2.34. The van der Waals surface area contributed by atoms with Crippen LogP contribution in [0.5, 0.6) is 0 Å². The summed E-state index contributed by atoms with van der Waals surface area (Å²) in [4.78, 5) is -0.0555. The first kappa shape index (κ1) is 32.0. The van der Waals surface area contributed by atoms with Gasteiger partial charge >= 0.3 is 0 Å². The fraction of sp³-hybridized carbons (Fsp3) is 0.200. The normalized spacial score (nSPS) is 18.7. The Balaban J connectivity index is 1.67. The molecule has 8 nitrogen and oxygen atoms in total. The van der Waals surface area contributed by atoms with Crippen molar-refractivity contribution in [1.29, 1.82) is 0 Å². The van der Waals surface area contributed by atoms with Crippen LogP contribution in [-0.4, -0.2) is 57.5 Å². The van der Waals surface area contributed by atoms with Crippen molar-refractivity contribution in [3.8, 4) is 0 Å². The SMILES string of the molecule is O=S1(=O)C[C@H](N(Cc2ccccc2)S(=O)(=O)c2ccc(Br)cc2)[C@@H](N(Cc2ccccc2)S(=O)(=O)c2ccc(Br)cc2)C1. The van der Waals surface area contributed by atoms with Gasteiger partial charge in [0.15, 0.2) is 9.84 Å². The van der Waals surface area contributed by atoms with Gasteiger partial charge in [0, 0.05) is 22.0 Å². The van der Waals surface area contributed by atoms with Crippen LogP contribution in [0, 0.1) is 0 Å². The van der Waals surface area contributed by atoms with Crippen molar-refractivity contribution >= 4 is 61.7 Å². The second kappa shape index (κ2) is 12.9. The third-order valence-corrected chi connectivity index (χ3v) is 13.8. The molecule has 0 radical (unpaired) electrons. The highest BCUT2D eigenvalue weighted by molar-refractivity contribution is 9.10. The van der Waals surface area contributed by atoms with Gasteiger partial charge in [-0.2, -0.15) is 8.61 Å². The maximum absolute atomic E-state index is 14.3. The Bertz CT molecular complexity index is 1760. The molecule has 0 amide bonds. The summed E-state index contributed by atoms with van der Waals surface area (Å²) in [5.74, 6) is -1.05. The minimum absolute atomic E-state index is 0.0277. The molecule has 0 aromatic heterocycles. The van der Waals surface area contributed by atoms with Crippen molar-refractivity contribution in [3.63, 3.8) is 0 Å². The molecule has 0 spiro atoms. The second-order valence-corrected chi connectivity index (χ2v) is 18.0. The minimum Gasteiger partial charge on any atom is -0.229 e. The molecule has 5 rings (SSSR count). The summed E-state index contributed by atoms with van der Waals surface area (Å²) in [5, 5.41) is 0. The average Bonchev–Trinajstić information content (AvgIpc) is 3.30. The quantitative estimate of drug-likeness (QED) is 0.212. The zero-order chi connectivity index (χ0) is 30.8. The Labute approximate surface area is 269 Å². The van der Waals surface area contributed by atoms with E-state index in [0.717, 1.165) is 8.61 Å². The second-order valence-electron chi connectivity index (χ2n) is 10.2. The van der Waals surface area contributed by atoms with Crippen molar-refractivity contribution in [2.45, 2.75) is 35.0 Å². The van der Waals surface area contributed by atoms with Crippen molar-refractivity contribution in [3.05, 3.63) is 129 Å². The Morgan fingerprint density at radius 1 is 0.558 bits per heavy atom. The molecule has 0 bridgehead atoms. The van der Waals surface area contributed by atoms with Crippen LogP contribution in [0.2, 0.25) is 0 Å². The van der Waals surface area contributed by atoms with Crippen molar-refractivity contribution in [2.24, 2.45) is 0 Å². The Hall–Kier alpha value is -2.39. The Kier molecular flexibility index (Phi) is 9.62. The number of nitrogens with zero attached hydrogens (tertiary/aromatic N) is 2. The van der Waals surface area contributed by atoms with Crippen molar-refractivity contribution < 1.29 is 25.3 Å². The van der Waals surface area contributed by atoms with Gasteiger partial charge in [-0.25, -0.2) is 25.3 Å². The summed E-state index contributed by atoms with van der Waals surface area (Å²) >= 11 is 6.66. The topological polar surface area (TPSA) is 109 Å². The zero-order valence-electron chi connectivity index (χ0n) is 22.7. The minimum atomic E-state index is -4.28. The van der Waals surface area contributed by atoms with E-state index in [4.69, 9.17) is 0 Å². The van der Waals surface area contributed by atoms with E-state index in [1.165, 1.54) is 24.3 Å². The third kappa shape index (κ3) is 7.30. The molecule has 1 fully saturated rings. The van der Waals surface area contributed by atoms with E-state index in [0.29, 0.717) is 20.1 Å². The van der Waals surface area contributed by atoms with Crippen LogP contribution < -0.4 is 0 Å². The van der Waals surface area contributed by atoms with E-state index in [1.807, 2.05) is 0 Å². The van der Waals surface area contributed by atoms with Crippen LogP contribution in [0.4, 0.5) is 0 Å². The lowest BCUT2D eigenvalue weighted by Crippen LogP contribution is -2.54. The van der Waals surface area contributed by atoms with Gasteiger partial charge in [0.1, 0.15) is 0 Å². The van der Waals surface area contributed by atoms with Crippen LogP contribution in [0.15, 0.2) is 128 Å². The van der Waals surface area contributed by atoms with Gasteiger partial charge in [0.25, 0.3) is 0 Å². The number of hydrogen-bond donors (Lipinski definition) is 0. The van der Waals surface area contributed by atoms with Gasteiger partial charge in [-0.15, -0.1) is 0 Å². The zero-order valence-corrected chi connectivity index (χ0v) is 28.3. The highest BCUT2D eigenvalue weighted by Gasteiger charge is 2.50. The summed E-state index contributed by atoms with van der Waals surface area (Å²) in [5.41, 5.74) is 1.27. The molecule has 1 heterocycles. The summed E-state index contributed by atoms with van der Waals surface area (Å²) in [7, 11) is -12.4. The molecule has 1 saturated heterocycles. The van der Waals surface area contributed by atoms with Gasteiger partial charge < -0.3 is 0 Å². The fourth-order valence-corrected chi connectivity index (χ4v) is 11.1. The standard InChI is InChI=1S/C30H28Br2N2O6S3/c31-25-11-15-27(16-12-25)42(37,38)33(19-23-7-3-1-4-8-23)29-21-41(35,36)22-30(29)34(20-24-9-5-2-6-10-24)43(39,40)28-17-13-26(32)14-18-28/h1-18,29-30H,19-22H2/t29-,30-/m0/s1. The maximum Gasteiger partial charge on any atom is 0.243 e. The van der Waals surface area contributed by atoms with E-state index in [2.05, 4.69) is 31.9 Å². The molecule has 0 aliphatic carbocycles. The third-order valence-electron chi connectivity index (χ3n) is 7.24. The monoisotopic (exact) mass is 766 g/mol. The molecule has 0 unspecified atom stereocenters. The molecule has 0 N–H and O–H groups in total. The van der Waals surface area contributed by atoms with E-state index >= 15 is 0 Å². The highest BCUT2D eigenvalue weighted by atomic mass is 79.9.